The molecule has 98 valence electrons. The van der Waals surface area contributed by atoms with E-state index in [1.54, 1.807) is 19.0 Å². The average molecular weight is 252 g/mol. The van der Waals surface area contributed by atoms with Gasteiger partial charge in [-0.05, 0) is 12.8 Å². The zero-order chi connectivity index (χ0) is 13.1. The van der Waals surface area contributed by atoms with Gasteiger partial charge in [-0.1, -0.05) is 12.8 Å². The molecule has 0 saturated heterocycles. The summed E-state index contributed by atoms with van der Waals surface area (Å²) < 4.78 is 15.2. The van der Waals surface area contributed by atoms with Crippen LogP contribution in [0.2, 0.25) is 0 Å². The molecule has 1 aliphatic rings. The Kier molecular flexibility index (Phi) is 3.74. The standard InChI is InChI=1S/C12H17FN4O/c1-16(2)8-14-11-10(13)7-17(12(18)15-11)9-5-3-4-6-9/h7-9H,3-6H2,1-2H3/b14-8+. The largest absolute Gasteiger partial charge is 0.369 e. The van der Waals surface area contributed by atoms with Crippen LogP contribution >= 0.6 is 0 Å². The quantitative estimate of drug-likeness (QED) is 0.608. The van der Waals surface area contributed by atoms with Crippen molar-refractivity contribution < 1.29 is 4.39 Å². The van der Waals surface area contributed by atoms with Crippen molar-refractivity contribution >= 4 is 12.2 Å². The number of rotatable bonds is 3. The molecule has 0 radical (unpaired) electrons. The lowest BCUT2D eigenvalue weighted by Crippen LogP contribution is -2.26. The molecule has 0 atom stereocenters. The van der Waals surface area contributed by atoms with Crippen molar-refractivity contribution in [1.29, 1.82) is 0 Å². The minimum absolute atomic E-state index is 0.0892. The van der Waals surface area contributed by atoms with Crippen molar-refractivity contribution in [2.24, 2.45) is 4.99 Å². The summed E-state index contributed by atoms with van der Waals surface area (Å²) >= 11 is 0. The van der Waals surface area contributed by atoms with Crippen molar-refractivity contribution in [2.45, 2.75) is 31.7 Å². The molecule has 0 unspecified atom stereocenters. The van der Waals surface area contributed by atoms with Gasteiger partial charge < -0.3 is 4.90 Å². The highest BCUT2D eigenvalue weighted by Gasteiger charge is 2.19. The Bertz CT molecular complexity index is 503. The highest BCUT2D eigenvalue weighted by molar-refractivity contribution is 5.58. The van der Waals surface area contributed by atoms with Crippen LogP contribution in [0.25, 0.3) is 0 Å². The van der Waals surface area contributed by atoms with Crippen molar-refractivity contribution in [3.05, 3.63) is 22.5 Å². The lowest BCUT2D eigenvalue weighted by molar-refractivity contribution is 0.471. The van der Waals surface area contributed by atoms with Crippen LogP contribution in [0.3, 0.4) is 0 Å². The molecule has 0 aliphatic heterocycles. The molecule has 5 nitrogen and oxygen atoms in total. The third-order valence-corrected chi connectivity index (χ3v) is 3.02. The fourth-order valence-electron chi connectivity index (χ4n) is 2.14. The van der Waals surface area contributed by atoms with Gasteiger partial charge in [0.25, 0.3) is 0 Å². The number of aromatic nitrogens is 2. The monoisotopic (exact) mass is 252 g/mol. The number of hydrogen-bond donors (Lipinski definition) is 0. The topological polar surface area (TPSA) is 50.5 Å². The maximum atomic E-state index is 13.8. The summed E-state index contributed by atoms with van der Waals surface area (Å²) in [6, 6.07) is 0.0892. The van der Waals surface area contributed by atoms with Gasteiger partial charge in [0.05, 0.1) is 6.34 Å². The average Bonchev–Trinajstić information content (AvgIpc) is 2.83. The van der Waals surface area contributed by atoms with Crippen LogP contribution in [0, 0.1) is 5.82 Å². The minimum Gasteiger partial charge on any atom is -0.369 e. The van der Waals surface area contributed by atoms with Gasteiger partial charge >= 0.3 is 5.69 Å². The second-order valence-corrected chi connectivity index (χ2v) is 4.75. The fourth-order valence-corrected chi connectivity index (χ4v) is 2.14. The van der Waals surface area contributed by atoms with Crippen LogP contribution < -0.4 is 5.69 Å². The summed E-state index contributed by atoms with van der Waals surface area (Å²) in [7, 11) is 3.53. The van der Waals surface area contributed by atoms with Crippen molar-refractivity contribution in [1.82, 2.24) is 14.5 Å². The minimum atomic E-state index is -0.556. The van der Waals surface area contributed by atoms with E-state index in [4.69, 9.17) is 0 Å². The predicted octanol–water partition coefficient (Wildman–Crippen LogP) is 1.72. The number of aliphatic imine (C=N–C) groups is 1. The third-order valence-electron chi connectivity index (χ3n) is 3.02. The summed E-state index contributed by atoms with van der Waals surface area (Å²) in [5, 5.41) is 0. The van der Waals surface area contributed by atoms with E-state index in [-0.39, 0.29) is 11.9 Å². The third kappa shape index (κ3) is 2.75. The van der Waals surface area contributed by atoms with Gasteiger partial charge in [0, 0.05) is 26.3 Å². The molecule has 0 bridgehead atoms. The highest BCUT2D eigenvalue weighted by atomic mass is 19.1. The molecule has 1 aliphatic carbocycles. The second-order valence-electron chi connectivity index (χ2n) is 4.75. The summed E-state index contributed by atoms with van der Waals surface area (Å²) in [5.41, 5.74) is -0.422. The Balaban J connectivity index is 2.31. The van der Waals surface area contributed by atoms with Crippen LogP contribution in [0.5, 0.6) is 0 Å². The maximum absolute atomic E-state index is 13.8. The van der Waals surface area contributed by atoms with Gasteiger partial charge in [0.1, 0.15) is 0 Å². The Labute approximate surface area is 105 Å². The molecule has 0 spiro atoms. The van der Waals surface area contributed by atoms with Crippen LogP contribution in [0.4, 0.5) is 10.2 Å². The number of hydrogen-bond acceptors (Lipinski definition) is 3. The zero-order valence-corrected chi connectivity index (χ0v) is 10.6. The number of nitrogens with zero attached hydrogens (tertiary/aromatic N) is 4. The van der Waals surface area contributed by atoms with Gasteiger partial charge in [-0.3, -0.25) is 4.57 Å². The Hall–Kier alpha value is -1.72. The van der Waals surface area contributed by atoms with Gasteiger partial charge in [-0.2, -0.15) is 4.98 Å². The van der Waals surface area contributed by atoms with Crippen LogP contribution in [0.15, 0.2) is 16.0 Å². The molecular formula is C12H17FN4O. The molecule has 1 aromatic rings. The lowest BCUT2D eigenvalue weighted by atomic mass is 10.2. The van der Waals surface area contributed by atoms with E-state index in [2.05, 4.69) is 9.98 Å². The highest BCUT2D eigenvalue weighted by Crippen LogP contribution is 2.28. The van der Waals surface area contributed by atoms with E-state index in [1.807, 2.05) is 0 Å². The van der Waals surface area contributed by atoms with Crippen molar-refractivity contribution in [2.75, 3.05) is 14.1 Å². The molecule has 0 N–H and O–H groups in total. The van der Waals surface area contributed by atoms with E-state index >= 15 is 0 Å². The van der Waals surface area contributed by atoms with Gasteiger partial charge in [0.15, 0.2) is 11.6 Å². The molecule has 0 aromatic carbocycles. The molecule has 1 heterocycles. The van der Waals surface area contributed by atoms with Gasteiger partial charge in [-0.15, -0.1) is 0 Å². The molecule has 1 saturated carbocycles. The molecule has 1 fully saturated rings. The number of halogens is 1. The summed E-state index contributed by atoms with van der Waals surface area (Å²) in [6.45, 7) is 0. The molecule has 0 amide bonds. The van der Waals surface area contributed by atoms with Crippen LogP contribution in [-0.2, 0) is 0 Å². The molecule has 18 heavy (non-hydrogen) atoms. The van der Waals surface area contributed by atoms with Crippen molar-refractivity contribution in [3.8, 4) is 0 Å². The summed E-state index contributed by atoms with van der Waals surface area (Å²) in [5.74, 6) is -0.706. The first-order chi connectivity index (χ1) is 8.58. The summed E-state index contributed by atoms with van der Waals surface area (Å²) in [4.78, 5) is 21.0. The molecule has 2 rings (SSSR count). The van der Waals surface area contributed by atoms with Crippen molar-refractivity contribution in [3.63, 3.8) is 0 Å². The van der Waals surface area contributed by atoms with E-state index < -0.39 is 11.5 Å². The maximum Gasteiger partial charge on any atom is 0.350 e. The van der Waals surface area contributed by atoms with E-state index in [0.29, 0.717) is 0 Å². The van der Waals surface area contributed by atoms with Crippen LogP contribution in [0.1, 0.15) is 31.7 Å². The predicted molar refractivity (Wildman–Crippen MR) is 67.8 cm³/mol. The second kappa shape index (κ2) is 5.29. The van der Waals surface area contributed by atoms with Gasteiger partial charge in [-0.25, -0.2) is 14.2 Å². The van der Waals surface area contributed by atoms with Crippen LogP contribution in [-0.4, -0.2) is 34.9 Å². The molecule has 1 aromatic heterocycles. The van der Waals surface area contributed by atoms with Gasteiger partial charge in [0.2, 0.25) is 0 Å². The summed E-state index contributed by atoms with van der Waals surface area (Å²) in [6.07, 6.45) is 6.65. The first-order valence-electron chi connectivity index (χ1n) is 6.07. The molecular weight excluding hydrogens is 235 g/mol. The SMILES string of the molecule is CN(C)/C=N/c1nc(=O)n(C2CCCC2)cc1F. The Morgan fingerprint density at radius 3 is 2.78 bits per heavy atom. The first-order valence-corrected chi connectivity index (χ1v) is 6.07. The zero-order valence-electron chi connectivity index (χ0n) is 10.6. The first kappa shape index (κ1) is 12.7. The Morgan fingerprint density at radius 2 is 2.17 bits per heavy atom. The lowest BCUT2D eigenvalue weighted by Gasteiger charge is -2.12. The Morgan fingerprint density at radius 1 is 1.50 bits per heavy atom. The normalized spacial score (nSPS) is 16.6. The van der Waals surface area contributed by atoms with E-state index in [1.165, 1.54) is 17.1 Å². The smallest absolute Gasteiger partial charge is 0.350 e. The fraction of sp³-hybridized carbons (Fsp3) is 0.583. The van der Waals surface area contributed by atoms with E-state index in [0.717, 1.165) is 25.7 Å². The molecule has 6 heteroatoms. The van der Waals surface area contributed by atoms with E-state index in [9.17, 15) is 9.18 Å².